The third-order valence-electron chi connectivity index (χ3n) is 4.48. The molecule has 114 valence electrons. The molecule has 0 radical (unpaired) electrons. The Kier molecular flexibility index (Phi) is 3.13. The summed E-state index contributed by atoms with van der Waals surface area (Å²) in [6.07, 6.45) is 3.60. The van der Waals surface area contributed by atoms with Crippen LogP contribution in [0.3, 0.4) is 0 Å². The zero-order valence-corrected chi connectivity index (χ0v) is 13.2. The summed E-state index contributed by atoms with van der Waals surface area (Å²) in [4.78, 5) is 12.1. The minimum Gasteiger partial charge on any atom is -0.395 e. The van der Waals surface area contributed by atoms with E-state index in [1.807, 2.05) is 18.3 Å². The summed E-state index contributed by atoms with van der Waals surface area (Å²) in [7, 11) is 2.14. The highest BCUT2D eigenvalue weighted by Gasteiger charge is 2.21. The molecule has 1 aliphatic heterocycles. The summed E-state index contributed by atoms with van der Waals surface area (Å²) >= 11 is 6.57. The lowest BCUT2D eigenvalue weighted by Gasteiger charge is -2.35. The van der Waals surface area contributed by atoms with Crippen molar-refractivity contribution < 1.29 is 0 Å². The summed E-state index contributed by atoms with van der Waals surface area (Å²) in [6.45, 7) is 3.91. The molecule has 0 spiro atoms. The lowest BCUT2D eigenvalue weighted by atomic mass is 10.1. The van der Waals surface area contributed by atoms with E-state index in [9.17, 15) is 0 Å². The minimum atomic E-state index is 0.715. The van der Waals surface area contributed by atoms with Crippen LogP contribution in [0, 0.1) is 0 Å². The summed E-state index contributed by atoms with van der Waals surface area (Å²) in [5.74, 6) is 0. The van der Waals surface area contributed by atoms with Crippen molar-refractivity contribution in [2.24, 2.45) is 0 Å². The van der Waals surface area contributed by atoms with Crippen LogP contribution in [0.2, 0.25) is 5.02 Å². The van der Waals surface area contributed by atoms with Gasteiger partial charge in [-0.1, -0.05) is 11.6 Å². The molecule has 22 heavy (non-hydrogen) atoms. The number of aromatic nitrogens is 2. The van der Waals surface area contributed by atoms with Gasteiger partial charge in [0.2, 0.25) is 0 Å². The number of nitrogens with zero attached hydrogens (tertiary/aromatic N) is 3. The first-order valence-corrected chi connectivity index (χ1v) is 7.80. The predicted octanol–water partition coefficient (Wildman–Crippen LogP) is 2.70. The van der Waals surface area contributed by atoms with Crippen molar-refractivity contribution in [2.75, 3.05) is 43.9 Å². The lowest BCUT2D eigenvalue weighted by molar-refractivity contribution is 0.313. The number of nitrogens with one attached hydrogen (secondary N) is 1. The van der Waals surface area contributed by atoms with E-state index < -0.39 is 0 Å². The maximum atomic E-state index is 6.57. The number of piperazine rings is 1. The van der Waals surface area contributed by atoms with Gasteiger partial charge in [-0.25, -0.2) is 0 Å². The number of benzene rings is 1. The number of nitrogen functional groups attached to an aromatic ring is 1. The van der Waals surface area contributed by atoms with Crippen LogP contribution in [-0.4, -0.2) is 48.1 Å². The number of pyridine rings is 1. The Bertz CT molecular complexity index is 848. The Balaban J connectivity index is 1.91. The molecule has 0 bridgehead atoms. The van der Waals surface area contributed by atoms with Gasteiger partial charge in [0.25, 0.3) is 0 Å². The van der Waals surface area contributed by atoms with Gasteiger partial charge in [-0.2, -0.15) is 0 Å². The van der Waals surface area contributed by atoms with E-state index >= 15 is 0 Å². The Morgan fingerprint density at radius 2 is 2.00 bits per heavy atom. The molecular formula is C16H18ClN5. The quantitative estimate of drug-likeness (QED) is 0.678. The average molecular weight is 316 g/mol. The zero-order chi connectivity index (χ0) is 15.3. The van der Waals surface area contributed by atoms with E-state index in [-0.39, 0.29) is 0 Å². The Morgan fingerprint density at radius 3 is 2.77 bits per heavy atom. The van der Waals surface area contributed by atoms with Gasteiger partial charge in [0.1, 0.15) is 0 Å². The summed E-state index contributed by atoms with van der Waals surface area (Å²) < 4.78 is 0. The molecule has 0 amide bonds. The fourth-order valence-electron chi connectivity index (χ4n) is 3.22. The molecule has 6 heteroatoms. The topological polar surface area (TPSA) is 61.2 Å². The van der Waals surface area contributed by atoms with Crippen molar-refractivity contribution in [2.45, 2.75) is 0 Å². The van der Waals surface area contributed by atoms with Gasteiger partial charge in [0.05, 0.1) is 33.6 Å². The Morgan fingerprint density at radius 1 is 1.23 bits per heavy atom. The molecule has 0 unspecified atom stereocenters. The summed E-state index contributed by atoms with van der Waals surface area (Å²) in [6, 6.07) is 4.00. The van der Waals surface area contributed by atoms with Gasteiger partial charge in [0, 0.05) is 43.1 Å². The van der Waals surface area contributed by atoms with E-state index in [0.29, 0.717) is 5.02 Å². The Labute approximate surface area is 133 Å². The van der Waals surface area contributed by atoms with Gasteiger partial charge in [-0.15, -0.1) is 0 Å². The van der Waals surface area contributed by atoms with E-state index in [0.717, 1.165) is 59.4 Å². The molecule has 5 nitrogen and oxygen atoms in total. The van der Waals surface area contributed by atoms with Crippen LogP contribution in [0.5, 0.6) is 0 Å². The average Bonchev–Trinajstić information content (AvgIpc) is 2.88. The van der Waals surface area contributed by atoms with Crippen LogP contribution in [0.1, 0.15) is 0 Å². The van der Waals surface area contributed by atoms with Crippen molar-refractivity contribution in [1.29, 1.82) is 0 Å². The molecule has 3 aromatic rings. The van der Waals surface area contributed by atoms with Crippen molar-refractivity contribution in [3.05, 3.63) is 29.5 Å². The van der Waals surface area contributed by atoms with E-state index in [1.54, 1.807) is 6.20 Å². The number of H-pyrrole nitrogens is 1. The molecule has 0 atom stereocenters. The van der Waals surface area contributed by atoms with Gasteiger partial charge >= 0.3 is 0 Å². The molecule has 3 heterocycles. The molecule has 1 saturated heterocycles. The van der Waals surface area contributed by atoms with Crippen LogP contribution in [0.4, 0.5) is 11.4 Å². The molecule has 2 aromatic heterocycles. The fourth-order valence-corrected chi connectivity index (χ4v) is 3.55. The van der Waals surface area contributed by atoms with Gasteiger partial charge in [0.15, 0.2) is 0 Å². The minimum absolute atomic E-state index is 0.715. The normalized spacial score (nSPS) is 16.7. The molecule has 1 fully saturated rings. The smallest absolute Gasteiger partial charge is 0.0813 e. The number of likely N-dealkylation sites (N-methyl/N-ethyl adjacent to an activating group) is 1. The second-order valence-electron chi connectivity index (χ2n) is 5.88. The number of hydrogen-bond donors (Lipinski definition) is 2. The predicted molar refractivity (Wildman–Crippen MR) is 92.7 cm³/mol. The lowest BCUT2D eigenvalue weighted by Crippen LogP contribution is -2.44. The first kappa shape index (κ1) is 13.7. The first-order chi connectivity index (χ1) is 10.6. The van der Waals surface area contributed by atoms with Crippen molar-refractivity contribution in [1.82, 2.24) is 14.9 Å². The van der Waals surface area contributed by atoms with Gasteiger partial charge in [-0.3, -0.25) is 4.98 Å². The molecule has 3 N–H and O–H groups in total. The van der Waals surface area contributed by atoms with Gasteiger partial charge in [-0.05, 0) is 19.2 Å². The third kappa shape index (κ3) is 2.01. The van der Waals surface area contributed by atoms with Crippen LogP contribution < -0.4 is 10.6 Å². The maximum Gasteiger partial charge on any atom is 0.0813 e. The van der Waals surface area contributed by atoms with E-state index in [2.05, 4.69) is 26.8 Å². The van der Waals surface area contributed by atoms with Crippen molar-refractivity contribution in [3.8, 4) is 0 Å². The largest absolute Gasteiger partial charge is 0.395 e. The molecule has 0 aliphatic carbocycles. The van der Waals surface area contributed by atoms with Crippen molar-refractivity contribution in [3.63, 3.8) is 0 Å². The van der Waals surface area contributed by atoms with E-state index in [1.165, 1.54) is 0 Å². The number of fused-ring (bicyclic) bond motifs is 3. The SMILES string of the molecule is CN1CCN(c2c(Cl)cc3c([nH]c4cnccc43)c2N)CC1. The number of hydrogen-bond acceptors (Lipinski definition) is 4. The fraction of sp³-hybridized carbons (Fsp3) is 0.312. The number of anilines is 2. The van der Waals surface area contributed by atoms with Crippen LogP contribution >= 0.6 is 11.6 Å². The van der Waals surface area contributed by atoms with Crippen LogP contribution in [0.15, 0.2) is 24.5 Å². The highest BCUT2D eigenvalue weighted by Crippen LogP contribution is 2.40. The van der Waals surface area contributed by atoms with Crippen molar-refractivity contribution >= 4 is 44.8 Å². The summed E-state index contributed by atoms with van der Waals surface area (Å²) in [5.41, 5.74) is 10.1. The Hall–Kier alpha value is -1.98. The monoisotopic (exact) mass is 315 g/mol. The zero-order valence-electron chi connectivity index (χ0n) is 12.4. The second-order valence-corrected chi connectivity index (χ2v) is 6.29. The van der Waals surface area contributed by atoms with Crippen LogP contribution in [0.25, 0.3) is 21.8 Å². The molecule has 4 rings (SSSR count). The first-order valence-electron chi connectivity index (χ1n) is 7.42. The third-order valence-corrected chi connectivity index (χ3v) is 4.77. The number of aromatic amines is 1. The number of nitrogens with two attached hydrogens (primary N) is 1. The molecular weight excluding hydrogens is 298 g/mol. The summed E-state index contributed by atoms with van der Waals surface area (Å²) in [5, 5.41) is 2.87. The van der Waals surface area contributed by atoms with Crippen LogP contribution in [-0.2, 0) is 0 Å². The van der Waals surface area contributed by atoms with Gasteiger partial charge < -0.3 is 20.5 Å². The maximum absolute atomic E-state index is 6.57. The highest BCUT2D eigenvalue weighted by molar-refractivity contribution is 6.36. The number of rotatable bonds is 1. The van der Waals surface area contributed by atoms with E-state index in [4.69, 9.17) is 17.3 Å². The molecule has 1 aromatic carbocycles. The molecule has 1 aliphatic rings. The standard InChI is InChI=1S/C16H18ClN5/c1-21-4-6-22(7-5-21)16-12(17)8-11-10-2-3-19-9-13(10)20-15(11)14(16)18/h2-3,8-9,20H,4-7,18H2,1H3. The molecule has 0 saturated carbocycles. The number of halogens is 1. The second kappa shape index (κ2) is 5.04. The highest BCUT2D eigenvalue weighted by atomic mass is 35.5.